The molecule has 0 aromatic heterocycles. The zero-order valence-electron chi connectivity index (χ0n) is 9.34. The Morgan fingerprint density at radius 3 is 2.31 bits per heavy atom. The third-order valence-corrected chi connectivity index (χ3v) is 2.92. The Bertz CT molecular complexity index is 366. The monoisotopic (exact) mass is 226 g/mol. The SMILES string of the molecule is CN(CC1CC1)c1c(F)cc(CN)cc1F. The topological polar surface area (TPSA) is 29.3 Å². The summed E-state index contributed by atoms with van der Waals surface area (Å²) in [6, 6.07) is 2.61. The van der Waals surface area contributed by atoms with E-state index in [-0.39, 0.29) is 12.2 Å². The molecule has 1 aliphatic rings. The summed E-state index contributed by atoms with van der Waals surface area (Å²) in [4.78, 5) is 1.66. The molecule has 0 saturated heterocycles. The summed E-state index contributed by atoms with van der Waals surface area (Å²) in [6.07, 6.45) is 2.32. The van der Waals surface area contributed by atoms with Gasteiger partial charge < -0.3 is 10.6 Å². The first kappa shape index (κ1) is 11.3. The first-order valence-corrected chi connectivity index (χ1v) is 5.51. The number of hydrogen-bond donors (Lipinski definition) is 1. The van der Waals surface area contributed by atoms with Gasteiger partial charge in [-0.25, -0.2) is 8.78 Å². The van der Waals surface area contributed by atoms with Gasteiger partial charge in [-0.2, -0.15) is 0 Å². The number of halogens is 2. The summed E-state index contributed by atoms with van der Waals surface area (Å²) in [6.45, 7) is 0.871. The van der Waals surface area contributed by atoms with E-state index in [1.165, 1.54) is 12.1 Å². The van der Waals surface area contributed by atoms with Gasteiger partial charge in [0.1, 0.15) is 17.3 Å². The second-order valence-electron chi connectivity index (χ2n) is 4.44. The van der Waals surface area contributed by atoms with Gasteiger partial charge in [0.2, 0.25) is 0 Å². The quantitative estimate of drug-likeness (QED) is 0.853. The van der Waals surface area contributed by atoms with Crippen LogP contribution in [0.3, 0.4) is 0 Å². The molecule has 1 fully saturated rings. The molecule has 4 heteroatoms. The highest BCUT2D eigenvalue weighted by Gasteiger charge is 2.25. The normalized spacial score (nSPS) is 15.2. The third-order valence-electron chi connectivity index (χ3n) is 2.92. The smallest absolute Gasteiger partial charge is 0.149 e. The second-order valence-corrected chi connectivity index (χ2v) is 4.44. The maximum Gasteiger partial charge on any atom is 0.149 e. The largest absolute Gasteiger partial charge is 0.370 e. The zero-order chi connectivity index (χ0) is 11.7. The molecule has 0 unspecified atom stereocenters. The minimum atomic E-state index is -0.524. The standard InChI is InChI=1S/C12H16F2N2/c1-16(7-8-2-3-8)12-10(13)4-9(6-15)5-11(12)14/h4-5,8H,2-3,6-7,15H2,1H3. The van der Waals surface area contributed by atoms with E-state index >= 15 is 0 Å². The minimum absolute atomic E-state index is 0.0594. The number of nitrogens with zero attached hydrogens (tertiary/aromatic N) is 1. The fourth-order valence-corrected chi connectivity index (χ4v) is 1.88. The van der Waals surface area contributed by atoms with Gasteiger partial charge in [-0.05, 0) is 36.5 Å². The van der Waals surface area contributed by atoms with Crippen molar-refractivity contribution in [1.29, 1.82) is 0 Å². The maximum atomic E-state index is 13.7. The highest BCUT2D eigenvalue weighted by Crippen LogP contribution is 2.32. The van der Waals surface area contributed by atoms with Gasteiger partial charge in [-0.1, -0.05) is 0 Å². The number of benzene rings is 1. The van der Waals surface area contributed by atoms with E-state index in [0.717, 1.165) is 19.4 Å². The van der Waals surface area contributed by atoms with Crippen LogP contribution in [0.5, 0.6) is 0 Å². The molecule has 88 valence electrons. The number of anilines is 1. The zero-order valence-corrected chi connectivity index (χ0v) is 9.34. The summed E-state index contributed by atoms with van der Waals surface area (Å²) in [7, 11) is 1.72. The first-order chi connectivity index (χ1) is 7.61. The van der Waals surface area contributed by atoms with E-state index in [2.05, 4.69) is 0 Å². The molecule has 1 saturated carbocycles. The summed E-state index contributed by atoms with van der Waals surface area (Å²) >= 11 is 0. The van der Waals surface area contributed by atoms with E-state index in [0.29, 0.717) is 11.5 Å². The van der Waals surface area contributed by atoms with Crippen molar-refractivity contribution in [3.63, 3.8) is 0 Å². The lowest BCUT2D eigenvalue weighted by molar-refractivity contribution is 0.570. The Labute approximate surface area is 94.0 Å². The maximum absolute atomic E-state index is 13.7. The highest BCUT2D eigenvalue weighted by molar-refractivity contribution is 5.50. The predicted molar refractivity (Wildman–Crippen MR) is 60.2 cm³/mol. The first-order valence-electron chi connectivity index (χ1n) is 5.51. The van der Waals surface area contributed by atoms with Gasteiger partial charge in [-0.3, -0.25) is 0 Å². The number of hydrogen-bond acceptors (Lipinski definition) is 2. The molecule has 0 heterocycles. The van der Waals surface area contributed by atoms with E-state index < -0.39 is 11.6 Å². The molecule has 0 aliphatic heterocycles. The molecule has 1 aromatic rings. The lowest BCUT2D eigenvalue weighted by Gasteiger charge is -2.20. The minimum Gasteiger partial charge on any atom is -0.370 e. The highest BCUT2D eigenvalue weighted by atomic mass is 19.1. The van der Waals surface area contributed by atoms with E-state index in [4.69, 9.17) is 5.73 Å². The van der Waals surface area contributed by atoms with E-state index in [1.54, 1.807) is 11.9 Å². The van der Waals surface area contributed by atoms with Crippen molar-refractivity contribution in [1.82, 2.24) is 0 Å². The molecule has 1 aromatic carbocycles. The van der Waals surface area contributed by atoms with Crippen molar-refractivity contribution >= 4 is 5.69 Å². The summed E-state index contributed by atoms with van der Waals surface area (Å²) in [5.41, 5.74) is 5.90. The van der Waals surface area contributed by atoms with Crippen LogP contribution in [0, 0.1) is 17.6 Å². The average molecular weight is 226 g/mol. The molecule has 0 atom stereocenters. The van der Waals surface area contributed by atoms with Crippen LogP contribution < -0.4 is 10.6 Å². The molecule has 1 aliphatic carbocycles. The molecule has 0 radical (unpaired) electrons. The second kappa shape index (κ2) is 4.37. The van der Waals surface area contributed by atoms with Crippen molar-refractivity contribution in [2.75, 3.05) is 18.5 Å². The molecule has 0 spiro atoms. The van der Waals surface area contributed by atoms with Crippen LogP contribution in [-0.2, 0) is 6.54 Å². The van der Waals surface area contributed by atoms with Crippen molar-refractivity contribution in [3.05, 3.63) is 29.3 Å². The van der Waals surface area contributed by atoms with Crippen LogP contribution in [0.1, 0.15) is 18.4 Å². The fourth-order valence-electron chi connectivity index (χ4n) is 1.88. The fraction of sp³-hybridized carbons (Fsp3) is 0.500. The van der Waals surface area contributed by atoms with Crippen LogP contribution in [0.4, 0.5) is 14.5 Å². The Kier molecular flexibility index (Phi) is 3.10. The molecule has 0 bridgehead atoms. The Balaban J connectivity index is 2.24. The predicted octanol–water partition coefficient (Wildman–Crippen LogP) is 2.27. The summed E-state index contributed by atoms with van der Waals surface area (Å²) in [5.74, 6) is -0.454. The van der Waals surface area contributed by atoms with Crippen LogP contribution in [0.15, 0.2) is 12.1 Å². The average Bonchev–Trinajstić information content (AvgIpc) is 3.00. The van der Waals surface area contributed by atoms with Crippen molar-refractivity contribution < 1.29 is 8.78 Å². The molecule has 2 N–H and O–H groups in total. The van der Waals surface area contributed by atoms with E-state index in [1.807, 2.05) is 0 Å². The summed E-state index contributed by atoms with van der Waals surface area (Å²) in [5, 5.41) is 0. The third kappa shape index (κ3) is 2.32. The van der Waals surface area contributed by atoms with Crippen LogP contribution in [-0.4, -0.2) is 13.6 Å². The van der Waals surface area contributed by atoms with Crippen LogP contribution in [0.2, 0.25) is 0 Å². The van der Waals surface area contributed by atoms with Gasteiger partial charge in [-0.15, -0.1) is 0 Å². The van der Waals surface area contributed by atoms with Gasteiger partial charge in [0.15, 0.2) is 0 Å². The molecule has 0 amide bonds. The van der Waals surface area contributed by atoms with Crippen LogP contribution in [0.25, 0.3) is 0 Å². The molecule has 2 nitrogen and oxygen atoms in total. The number of nitrogens with two attached hydrogens (primary N) is 1. The van der Waals surface area contributed by atoms with Crippen molar-refractivity contribution in [2.45, 2.75) is 19.4 Å². The Hall–Kier alpha value is -1.16. The molecule has 2 rings (SSSR count). The Morgan fingerprint density at radius 2 is 1.88 bits per heavy atom. The van der Waals surface area contributed by atoms with Gasteiger partial charge in [0.25, 0.3) is 0 Å². The molecular weight excluding hydrogens is 210 g/mol. The van der Waals surface area contributed by atoms with Gasteiger partial charge in [0.05, 0.1) is 0 Å². The van der Waals surface area contributed by atoms with Crippen LogP contribution >= 0.6 is 0 Å². The van der Waals surface area contributed by atoms with Gasteiger partial charge >= 0.3 is 0 Å². The van der Waals surface area contributed by atoms with E-state index in [9.17, 15) is 8.78 Å². The lowest BCUT2D eigenvalue weighted by Crippen LogP contribution is -2.22. The number of rotatable bonds is 4. The lowest BCUT2D eigenvalue weighted by atomic mass is 10.1. The molecule has 16 heavy (non-hydrogen) atoms. The van der Waals surface area contributed by atoms with Crippen molar-refractivity contribution in [2.24, 2.45) is 11.7 Å². The van der Waals surface area contributed by atoms with Gasteiger partial charge in [0, 0.05) is 20.1 Å². The summed E-state index contributed by atoms with van der Waals surface area (Å²) < 4.78 is 27.4. The molecular formula is C12H16F2N2. The Morgan fingerprint density at radius 1 is 1.31 bits per heavy atom. The van der Waals surface area contributed by atoms with Crippen molar-refractivity contribution in [3.8, 4) is 0 Å².